The summed E-state index contributed by atoms with van der Waals surface area (Å²) in [5.41, 5.74) is 0. The molecule has 1 heterocycles. The van der Waals surface area contributed by atoms with E-state index >= 15 is 0 Å². The largest absolute Gasteiger partial charge is 0.467 e. The van der Waals surface area contributed by atoms with E-state index in [1.165, 1.54) is 0 Å². The van der Waals surface area contributed by atoms with Crippen LogP contribution < -0.4 is 5.32 Å². The first kappa shape index (κ1) is 11.8. The van der Waals surface area contributed by atoms with E-state index in [1.807, 2.05) is 6.07 Å². The van der Waals surface area contributed by atoms with Gasteiger partial charge in [0.1, 0.15) is 5.76 Å². The number of aliphatic hydroxyl groups excluding tert-OH is 1. The van der Waals surface area contributed by atoms with Gasteiger partial charge in [-0.15, -0.1) is 0 Å². The summed E-state index contributed by atoms with van der Waals surface area (Å²) < 4.78 is 6.26. The van der Waals surface area contributed by atoms with Gasteiger partial charge in [0.2, 0.25) is 0 Å². The highest BCUT2D eigenvalue weighted by molar-refractivity contribution is 9.10. The SMILES string of the molecule is CC(CCCO)NCc1occc1Br. The Bertz CT molecular complexity index is 262. The monoisotopic (exact) mass is 261 g/mol. The van der Waals surface area contributed by atoms with Crippen molar-refractivity contribution in [3.63, 3.8) is 0 Å². The second-order valence-electron chi connectivity index (χ2n) is 3.34. The van der Waals surface area contributed by atoms with E-state index in [9.17, 15) is 0 Å². The molecule has 0 aliphatic rings. The summed E-state index contributed by atoms with van der Waals surface area (Å²) in [6.07, 6.45) is 3.49. The van der Waals surface area contributed by atoms with Crippen LogP contribution in [0.1, 0.15) is 25.5 Å². The summed E-state index contributed by atoms with van der Waals surface area (Å²) in [6.45, 7) is 3.09. The van der Waals surface area contributed by atoms with Gasteiger partial charge in [0, 0.05) is 12.6 Å². The van der Waals surface area contributed by atoms with Crippen LogP contribution in [-0.2, 0) is 6.54 Å². The van der Waals surface area contributed by atoms with Crippen molar-refractivity contribution in [2.75, 3.05) is 6.61 Å². The molecule has 0 amide bonds. The molecule has 2 N–H and O–H groups in total. The summed E-state index contributed by atoms with van der Waals surface area (Å²) in [5.74, 6) is 0.917. The van der Waals surface area contributed by atoms with Gasteiger partial charge in [-0.2, -0.15) is 0 Å². The highest BCUT2D eigenvalue weighted by Crippen LogP contribution is 2.17. The van der Waals surface area contributed by atoms with Crippen LogP contribution in [0.3, 0.4) is 0 Å². The number of furan rings is 1. The average molecular weight is 262 g/mol. The van der Waals surface area contributed by atoms with Gasteiger partial charge >= 0.3 is 0 Å². The third-order valence-corrected chi connectivity index (χ3v) is 2.80. The van der Waals surface area contributed by atoms with Gasteiger partial charge in [0.15, 0.2) is 0 Å². The molecule has 0 spiro atoms. The molecule has 1 aromatic rings. The molecule has 0 saturated heterocycles. The van der Waals surface area contributed by atoms with Crippen molar-refractivity contribution < 1.29 is 9.52 Å². The van der Waals surface area contributed by atoms with Crippen molar-refractivity contribution in [3.05, 3.63) is 22.6 Å². The molecule has 0 radical (unpaired) electrons. The van der Waals surface area contributed by atoms with Crippen molar-refractivity contribution >= 4 is 15.9 Å². The first-order valence-corrected chi connectivity index (χ1v) is 5.59. The van der Waals surface area contributed by atoms with Crippen LogP contribution in [-0.4, -0.2) is 17.8 Å². The molecule has 1 rings (SSSR count). The van der Waals surface area contributed by atoms with Crippen LogP contribution in [0, 0.1) is 0 Å². The molecule has 3 nitrogen and oxygen atoms in total. The third kappa shape index (κ3) is 3.82. The van der Waals surface area contributed by atoms with Gasteiger partial charge < -0.3 is 14.8 Å². The number of rotatable bonds is 6. The van der Waals surface area contributed by atoms with E-state index in [4.69, 9.17) is 9.52 Å². The van der Waals surface area contributed by atoms with E-state index in [0.717, 1.165) is 29.6 Å². The van der Waals surface area contributed by atoms with Crippen LogP contribution in [0.4, 0.5) is 0 Å². The molecule has 4 heteroatoms. The summed E-state index contributed by atoms with van der Waals surface area (Å²) in [7, 11) is 0. The molecule has 0 aromatic carbocycles. The van der Waals surface area contributed by atoms with E-state index in [0.29, 0.717) is 6.04 Å². The Labute approximate surface area is 92.6 Å². The molecule has 0 saturated carbocycles. The first-order chi connectivity index (χ1) is 6.74. The van der Waals surface area contributed by atoms with Gasteiger partial charge in [0.05, 0.1) is 17.3 Å². The fourth-order valence-corrected chi connectivity index (χ4v) is 1.56. The minimum Gasteiger partial charge on any atom is -0.467 e. The highest BCUT2D eigenvalue weighted by Gasteiger charge is 2.05. The number of hydrogen-bond donors (Lipinski definition) is 2. The Morgan fingerprint density at radius 1 is 1.64 bits per heavy atom. The van der Waals surface area contributed by atoms with E-state index in [2.05, 4.69) is 28.2 Å². The fraction of sp³-hybridized carbons (Fsp3) is 0.600. The highest BCUT2D eigenvalue weighted by atomic mass is 79.9. The van der Waals surface area contributed by atoms with Gasteiger partial charge in [-0.3, -0.25) is 0 Å². The summed E-state index contributed by atoms with van der Waals surface area (Å²) >= 11 is 3.40. The Kier molecular flexibility index (Phi) is 5.22. The molecule has 80 valence electrons. The standard InChI is InChI=1S/C10H16BrNO2/c1-8(3-2-5-13)12-7-10-9(11)4-6-14-10/h4,6,8,12-13H,2-3,5,7H2,1H3. The van der Waals surface area contributed by atoms with Crippen molar-refractivity contribution in [3.8, 4) is 0 Å². The summed E-state index contributed by atoms with van der Waals surface area (Å²) in [6, 6.07) is 2.29. The number of nitrogens with one attached hydrogen (secondary N) is 1. The molecule has 0 fully saturated rings. The van der Waals surface area contributed by atoms with Crippen LogP contribution in [0.5, 0.6) is 0 Å². The van der Waals surface area contributed by atoms with Crippen molar-refractivity contribution in [2.45, 2.75) is 32.4 Å². The maximum Gasteiger partial charge on any atom is 0.131 e. The number of aliphatic hydroxyl groups is 1. The van der Waals surface area contributed by atoms with Crippen LogP contribution in [0.25, 0.3) is 0 Å². The predicted molar refractivity (Wildman–Crippen MR) is 59.0 cm³/mol. The zero-order chi connectivity index (χ0) is 10.4. The van der Waals surface area contributed by atoms with E-state index in [-0.39, 0.29) is 6.61 Å². The zero-order valence-electron chi connectivity index (χ0n) is 8.29. The number of hydrogen-bond acceptors (Lipinski definition) is 3. The zero-order valence-corrected chi connectivity index (χ0v) is 9.88. The van der Waals surface area contributed by atoms with Crippen molar-refractivity contribution in [1.29, 1.82) is 0 Å². The summed E-state index contributed by atoms with van der Waals surface area (Å²) in [4.78, 5) is 0. The third-order valence-electron chi connectivity index (χ3n) is 2.10. The Morgan fingerprint density at radius 2 is 2.43 bits per heavy atom. The lowest BCUT2D eigenvalue weighted by Crippen LogP contribution is -2.25. The van der Waals surface area contributed by atoms with Crippen LogP contribution in [0.15, 0.2) is 21.2 Å². The van der Waals surface area contributed by atoms with Gasteiger partial charge in [-0.05, 0) is 41.8 Å². The minimum absolute atomic E-state index is 0.260. The maximum absolute atomic E-state index is 8.66. The van der Waals surface area contributed by atoms with E-state index < -0.39 is 0 Å². The van der Waals surface area contributed by atoms with Gasteiger partial charge in [-0.25, -0.2) is 0 Å². The Morgan fingerprint density at radius 3 is 3.00 bits per heavy atom. The lowest BCUT2D eigenvalue weighted by atomic mass is 10.2. The van der Waals surface area contributed by atoms with Crippen LogP contribution >= 0.6 is 15.9 Å². The molecule has 1 unspecified atom stereocenters. The lowest BCUT2D eigenvalue weighted by molar-refractivity contribution is 0.275. The van der Waals surface area contributed by atoms with Gasteiger partial charge in [-0.1, -0.05) is 0 Å². The smallest absolute Gasteiger partial charge is 0.131 e. The predicted octanol–water partition coefficient (Wildman–Crippen LogP) is 2.29. The molecule has 0 aliphatic carbocycles. The normalized spacial score (nSPS) is 13.1. The minimum atomic E-state index is 0.260. The molecule has 1 atom stereocenters. The second-order valence-corrected chi connectivity index (χ2v) is 4.19. The quantitative estimate of drug-likeness (QED) is 0.826. The molecular weight excluding hydrogens is 246 g/mol. The molecule has 1 aromatic heterocycles. The molecular formula is C10H16BrNO2. The first-order valence-electron chi connectivity index (χ1n) is 4.80. The Hall–Kier alpha value is -0.320. The molecule has 0 bridgehead atoms. The molecule has 14 heavy (non-hydrogen) atoms. The second kappa shape index (κ2) is 6.22. The average Bonchev–Trinajstić information content (AvgIpc) is 2.58. The van der Waals surface area contributed by atoms with Gasteiger partial charge in [0.25, 0.3) is 0 Å². The van der Waals surface area contributed by atoms with Crippen molar-refractivity contribution in [2.24, 2.45) is 0 Å². The topological polar surface area (TPSA) is 45.4 Å². The molecule has 0 aliphatic heterocycles. The van der Waals surface area contributed by atoms with E-state index in [1.54, 1.807) is 6.26 Å². The van der Waals surface area contributed by atoms with Crippen molar-refractivity contribution in [1.82, 2.24) is 5.32 Å². The van der Waals surface area contributed by atoms with Crippen LogP contribution in [0.2, 0.25) is 0 Å². The number of halogens is 1. The Balaban J connectivity index is 2.23. The summed E-state index contributed by atoms with van der Waals surface area (Å²) in [5, 5.41) is 12.0. The maximum atomic E-state index is 8.66. The lowest BCUT2D eigenvalue weighted by Gasteiger charge is -2.11. The fourth-order valence-electron chi connectivity index (χ4n) is 1.22.